The summed E-state index contributed by atoms with van der Waals surface area (Å²) in [5, 5.41) is 3.04. The highest BCUT2D eigenvalue weighted by atomic mass is 16.2. The van der Waals surface area contributed by atoms with Gasteiger partial charge in [-0.1, -0.05) is 19.3 Å². The van der Waals surface area contributed by atoms with E-state index in [4.69, 9.17) is 0 Å². The van der Waals surface area contributed by atoms with E-state index in [9.17, 15) is 14.4 Å². The third kappa shape index (κ3) is 3.50. The van der Waals surface area contributed by atoms with Crippen LogP contribution in [0.4, 0.5) is 0 Å². The van der Waals surface area contributed by atoms with E-state index in [0.29, 0.717) is 29.7 Å². The smallest absolute Gasteiger partial charge is 0.326 e. The highest BCUT2D eigenvalue weighted by molar-refractivity contribution is 5.97. The van der Waals surface area contributed by atoms with Crippen LogP contribution in [0, 0.1) is 5.92 Å². The number of rotatable bonds is 3. The van der Waals surface area contributed by atoms with Crippen molar-refractivity contribution in [3.63, 3.8) is 0 Å². The van der Waals surface area contributed by atoms with Crippen molar-refractivity contribution in [1.29, 1.82) is 0 Å². The van der Waals surface area contributed by atoms with Crippen molar-refractivity contribution in [3.05, 3.63) is 34.2 Å². The van der Waals surface area contributed by atoms with Gasteiger partial charge >= 0.3 is 5.69 Å². The Morgan fingerprint density at radius 3 is 2.70 bits per heavy atom. The Kier molecular flexibility index (Phi) is 4.76. The minimum absolute atomic E-state index is 0.0178. The number of carbonyl (C=O) groups is 2. The summed E-state index contributed by atoms with van der Waals surface area (Å²) < 4.78 is 1.49. The van der Waals surface area contributed by atoms with Crippen molar-refractivity contribution < 1.29 is 9.59 Å². The Morgan fingerprint density at radius 2 is 1.93 bits per heavy atom. The Labute approximate surface area is 157 Å². The molecule has 27 heavy (non-hydrogen) atoms. The number of fused-ring (bicyclic) bond motifs is 1. The van der Waals surface area contributed by atoms with Crippen molar-refractivity contribution in [1.82, 2.24) is 19.8 Å². The van der Waals surface area contributed by atoms with E-state index < -0.39 is 0 Å². The van der Waals surface area contributed by atoms with Crippen LogP contribution in [0.3, 0.4) is 0 Å². The van der Waals surface area contributed by atoms with E-state index >= 15 is 0 Å². The summed E-state index contributed by atoms with van der Waals surface area (Å²) in [7, 11) is 1.68. The van der Waals surface area contributed by atoms with Crippen molar-refractivity contribution in [2.45, 2.75) is 44.6 Å². The standard InChI is InChI=1S/C20H26N4O3/c1-23-17-11-14(7-8-16(17)22-20(23)27)18(25)21-15-9-10-24(12-15)19(26)13-5-3-2-4-6-13/h7-8,11,13,15H,2-6,9-10,12H2,1H3,(H,21,25)(H,22,27). The van der Waals surface area contributed by atoms with Gasteiger partial charge in [-0.05, 0) is 37.5 Å². The molecule has 4 rings (SSSR count). The summed E-state index contributed by atoms with van der Waals surface area (Å²) in [6.45, 7) is 1.30. The van der Waals surface area contributed by atoms with Gasteiger partial charge in [0.1, 0.15) is 0 Å². The van der Waals surface area contributed by atoms with Crippen LogP contribution < -0.4 is 11.0 Å². The number of benzene rings is 1. The number of H-pyrrole nitrogens is 1. The molecule has 2 aliphatic rings. The molecule has 7 nitrogen and oxygen atoms in total. The van der Waals surface area contributed by atoms with Gasteiger partial charge in [-0.15, -0.1) is 0 Å². The first kappa shape index (κ1) is 17.8. The number of likely N-dealkylation sites (tertiary alicyclic amines) is 1. The van der Waals surface area contributed by atoms with E-state index in [1.165, 1.54) is 11.0 Å². The second-order valence-electron chi connectivity index (χ2n) is 7.80. The minimum Gasteiger partial charge on any atom is -0.347 e. The average Bonchev–Trinajstić information content (AvgIpc) is 3.26. The monoisotopic (exact) mass is 370 g/mol. The molecule has 0 radical (unpaired) electrons. The molecule has 2 heterocycles. The normalized spacial score (nSPS) is 20.9. The predicted molar refractivity (Wildman–Crippen MR) is 103 cm³/mol. The average molecular weight is 370 g/mol. The van der Waals surface area contributed by atoms with Gasteiger partial charge in [0.15, 0.2) is 0 Å². The number of hydrogen-bond acceptors (Lipinski definition) is 3. The third-order valence-electron chi connectivity index (χ3n) is 5.96. The van der Waals surface area contributed by atoms with Crippen LogP contribution in [0.25, 0.3) is 11.0 Å². The molecular weight excluding hydrogens is 344 g/mol. The first-order valence-electron chi connectivity index (χ1n) is 9.81. The van der Waals surface area contributed by atoms with E-state index in [1.807, 2.05) is 4.90 Å². The lowest BCUT2D eigenvalue weighted by molar-refractivity contribution is -0.135. The SMILES string of the molecule is Cn1c(=O)[nH]c2ccc(C(=O)NC3CCN(C(=O)C4CCCCC4)C3)cc21. The molecule has 1 aliphatic heterocycles. The van der Waals surface area contributed by atoms with Gasteiger partial charge in [0.25, 0.3) is 5.91 Å². The molecule has 2 amide bonds. The molecule has 144 valence electrons. The number of aromatic amines is 1. The number of amides is 2. The first-order chi connectivity index (χ1) is 13.0. The second-order valence-corrected chi connectivity index (χ2v) is 7.80. The molecule has 2 N–H and O–H groups in total. The van der Waals surface area contributed by atoms with Gasteiger partial charge < -0.3 is 15.2 Å². The summed E-state index contributed by atoms with van der Waals surface area (Å²) in [6.07, 6.45) is 6.32. The lowest BCUT2D eigenvalue weighted by atomic mass is 9.88. The lowest BCUT2D eigenvalue weighted by Gasteiger charge is -2.26. The topological polar surface area (TPSA) is 87.2 Å². The van der Waals surface area contributed by atoms with Gasteiger partial charge in [-0.25, -0.2) is 4.79 Å². The van der Waals surface area contributed by atoms with E-state index in [-0.39, 0.29) is 29.5 Å². The fraction of sp³-hybridized carbons (Fsp3) is 0.550. The first-order valence-corrected chi connectivity index (χ1v) is 9.81. The molecule has 1 aromatic heterocycles. The highest BCUT2D eigenvalue weighted by Crippen LogP contribution is 2.27. The van der Waals surface area contributed by atoms with Crippen LogP contribution in [0.1, 0.15) is 48.9 Å². The summed E-state index contributed by atoms with van der Waals surface area (Å²) in [6, 6.07) is 5.17. The Balaban J connectivity index is 1.39. The zero-order valence-electron chi connectivity index (χ0n) is 15.7. The van der Waals surface area contributed by atoms with Crippen LogP contribution in [0.15, 0.2) is 23.0 Å². The number of imidazole rings is 1. The van der Waals surface area contributed by atoms with Crippen molar-refractivity contribution in [3.8, 4) is 0 Å². The largest absolute Gasteiger partial charge is 0.347 e. The molecule has 1 aromatic carbocycles. The molecule has 7 heteroatoms. The molecular formula is C20H26N4O3. The maximum Gasteiger partial charge on any atom is 0.326 e. The van der Waals surface area contributed by atoms with E-state index in [0.717, 1.165) is 32.1 Å². The van der Waals surface area contributed by atoms with Crippen molar-refractivity contribution in [2.24, 2.45) is 13.0 Å². The quantitative estimate of drug-likeness (QED) is 0.863. The van der Waals surface area contributed by atoms with Crippen molar-refractivity contribution >= 4 is 22.8 Å². The molecule has 2 aromatic rings. The maximum absolute atomic E-state index is 12.7. The number of aromatic nitrogens is 2. The highest BCUT2D eigenvalue weighted by Gasteiger charge is 2.32. The number of nitrogens with one attached hydrogen (secondary N) is 2. The second kappa shape index (κ2) is 7.21. The van der Waals surface area contributed by atoms with Crippen LogP contribution in [-0.4, -0.2) is 45.4 Å². The third-order valence-corrected chi connectivity index (χ3v) is 5.96. The van der Waals surface area contributed by atoms with Gasteiger partial charge in [-0.2, -0.15) is 0 Å². The zero-order valence-corrected chi connectivity index (χ0v) is 15.7. The molecule has 0 bridgehead atoms. The zero-order chi connectivity index (χ0) is 19.0. The Hall–Kier alpha value is -2.57. The van der Waals surface area contributed by atoms with Crippen molar-refractivity contribution in [2.75, 3.05) is 13.1 Å². The van der Waals surface area contributed by atoms with Gasteiger partial charge in [0.2, 0.25) is 5.91 Å². The van der Waals surface area contributed by atoms with Crippen LogP contribution in [-0.2, 0) is 11.8 Å². The number of hydrogen-bond donors (Lipinski definition) is 2. The Bertz CT molecular complexity index is 923. The molecule has 1 saturated carbocycles. The molecule has 1 aliphatic carbocycles. The number of nitrogens with zero attached hydrogens (tertiary/aromatic N) is 2. The molecule has 2 fully saturated rings. The Morgan fingerprint density at radius 1 is 1.15 bits per heavy atom. The fourth-order valence-electron chi connectivity index (χ4n) is 4.32. The fourth-order valence-corrected chi connectivity index (χ4v) is 4.32. The maximum atomic E-state index is 12.7. The van der Waals surface area contributed by atoms with Crippen LogP contribution >= 0.6 is 0 Å². The summed E-state index contributed by atoms with van der Waals surface area (Å²) >= 11 is 0. The van der Waals surface area contributed by atoms with E-state index in [2.05, 4.69) is 10.3 Å². The molecule has 1 unspecified atom stereocenters. The molecule has 1 saturated heterocycles. The van der Waals surface area contributed by atoms with E-state index in [1.54, 1.807) is 25.2 Å². The number of aryl methyl sites for hydroxylation is 1. The van der Waals surface area contributed by atoms with Crippen LogP contribution in [0.2, 0.25) is 0 Å². The van der Waals surface area contributed by atoms with Crippen LogP contribution in [0.5, 0.6) is 0 Å². The summed E-state index contributed by atoms with van der Waals surface area (Å²) in [5.74, 6) is 0.267. The van der Waals surface area contributed by atoms with Gasteiger partial charge in [0.05, 0.1) is 11.0 Å². The van der Waals surface area contributed by atoms with Gasteiger partial charge in [0, 0.05) is 37.7 Å². The van der Waals surface area contributed by atoms with Gasteiger partial charge in [-0.3, -0.25) is 14.2 Å². The molecule has 0 spiro atoms. The summed E-state index contributed by atoms with van der Waals surface area (Å²) in [5.41, 5.74) is 1.74. The predicted octanol–water partition coefficient (Wildman–Crippen LogP) is 1.78. The lowest BCUT2D eigenvalue weighted by Crippen LogP contribution is -2.40. The minimum atomic E-state index is -0.199. The molecule has 1 atom stereocenters. The number of carbonyl (C=O) groups excluding carboxylic acids is 2. The summed E-state index contributed by atoms with van der Waals surface area (Å²) in [4.78, 5) is 41.7.